The third-order valence-corrected chi connectivity index (χ3v) is 2.43. The van der Waals surface area contributed by atoms with Crippen molar-refractivity contribution in [1.29, 1.82) is 0 Å². The van der Waals surface area contributed by atoms with Gasteiger partial charge in [-0.25, -0.2) is 9.97 Å². The first-order valence-electron chi connectivity index (χ1n) is 5.78. The molecule has 0 aliphatic rings. The highest BCUT2D eigenvalue weighted by atomic mass is 16.1. The maximum absolute atomic E-state index is 11.8. The molecule has 1 N–H and O–H groups in total. The topological polar surface area (TPSA) is 54.9 Å². The van der Waals surface area contributed by atoms with Crippen LogP contribution in [0.25, 0.3) is 12.2 Å². The third kappa shape index (κ3) is 3.80. The predicted octanol–water partition coefficient (Wildman–Crippen LogP) is 2.79. The highest BCUT2D eigenvalue weighted by molar-refractivity contribution is 5.87. The Balaban J connectivity index is 2.82. The van der Waals surface area contributed by atoms with E-state index in [1.54, 1.807) is 18.2 Å². The van der Waals surface area contributed by atoms with Crippen LogP contribution < -0.4 is 5.32 Å². The number of aromatic nitrogens is 2. The zero-order valence-electron chi connectivity index (χ0n) is 11.2. The number of ketones is 1. The molecule has 96 valence electrons. The monoisotopic (exact) mass is 245 g/mol. The number of hydrogen-bond donors (Lipinski definition) is 1. The molecule has 0 saturated carbocycles. The van der Waals surface area contributed by atoms with Gasteiger partial charge in [0.15, 0.2) is 5.78 Å². The Hall–Kier alpha value is -1.97. The van der Waals surface area contributed by atoms with Crippen molar-refractivity contribution in [3.05, 3.63) is 30.6 Å². The Bertz CT molecular complexity index is 446. The van der Waals surface area contributed by atoms with Crippen LogP contribution in [0.4, 0.5) is 5.95 Å². The van der Waals surface area contributed by atoms with Crippen molar-refractivity contribution in [2.45, 2.75) is 20.8 Å². The van der Waals surface area contributed by atoms with Crippen molar-refractivity contribution in [3.8, 4) is 0 Å². The van der Waals surface area contributed by atoms with E-state index in [4.69, 9.17) is 0 Å². The largest absolute Gasteiger partial charge is 0.347 e. The van der Waals surface area contributed by atoms with E-state index in [-0.39, 0.29) is 17.7 Å². The molecule has 0 radical (unpaired) electrons. The lowest BCUT2D eigenvalue weighted by Crippen LogP contribution is -2.28. The molecule has 1 heterocycles. The lowest BCUT2D eigenvalue weighted by atomic mass is 9.91. The predicted molar refractivity (Wildman–Crippen MR) is 75.2 cm³/mol. The molecule has 4 nitrogen and oxygen atoms in total. The van der Waals surface area contributed by atoms with Gasteiger partial charge in [-0.2, -0.15) is 0 Å². The minimum Gasteiger partial charge on any atom is -0.347 e. The molecule has 0 bridgehead atoms. The molecule has 0 aliphatic carbocycles. The summed E-state index contributed by atoms with van der Waals surface area (Å²) >= 11 is 0. The van der Waals surface area contributed by atoms with Crippen molar-refractivity contribution < 1.29 is 4.79 Å². The standard InChI is InChI=1S/C14H19N3O/c1-6-10-8-11(7-2)17-13(16-10)15-9-12(18)14(3,4)5/h6-8H,1-2,9H2,3-5H3,(H,15,16,17). The maximum Gasteiger partial charge on any atom is 0.224 e. The average Bonchev–Trinajstić information content (AvgIpc) is 2.34. The summed E-state index contributed by atoms with van der Waals surface area (Å²) in [7, 11) is 0. The second-order valence-corrected chi connectivity index (χ2v) is 4.98. The smallest absolute Gasteiger partial charge is 0.224 e. The van der Waals surface area contributed by atoms with E-state index in [0.29, 0.717) is 17.3 Å². The lowest BCUT2D eigenvalue weighted by Gasteiger charge is -2.16. The number of anilines is 1. The number of rotatable bonds is 5. The van der Waals surface area contributed by atoms with Crippen LogP contribution in [-0.2, 0) is 4.79 Å². The number of hydrogen-bond acceptors (Lipinski definition) is 4. The molecule has 0 aliphatic heterocycles. The SMILES string of the molecule is C=Cc1cc(C=C)nc(NCC(=O)C(C)(C)C)n1. The fourth-order valence-electron chi connectivity index (χ4n) is 1.20. The second-order valence-electron chi connectivity index (χ2n) is 4.98. The van der Waals surface area contributed by atoms with Gasteiger partial charge in [0.25, 0.3) is 0 Å². The third-order valence-electron chi connectivity index (χ3n) is 2.43. The second kappa shape index (κ2) is 5.58. The molecule has 0 fully saturated rings. The van der Waals surface area contributed by atoms with Crippen LogP contribution in [0.15, 0.2) is 19.2 Å². The van der Waals surface area contributed by atoms with Gasteiger partial charge in [-0.05, 0) is 18.2 Å². The number of carbonyl (C=O) groups excluding carboxylic acids is 1. The quantitative estimate of drug-likeness (QED) is 0.866. The van der Waals surface area contributed by atoms with Crippen LogP contribution in [-0.4, -0.2) is 22.3 Å². The lowest BCUT2D eigenvalue weighted by molar-refractivity contribution is -0.124. The van der Waals surface area contributed by atoms with Gasteiger partial charge in [-0.3, -0.25) is 4.79 Å². The van der Waals surface area contributed by atoms with Crippen LogP contribution in [0.3, 0.4) is 0 Å². The molecule has 18 heavy (non-hydrogen) atoms. The van der Waals surface area contributed by atoms with Gasteiger partial charge >= 0.3 is 0 Å². The summed E-state index contributed by atoms with van der Waals surface area (Å²) in [6.45, 7) is 13.2. The maximum atomic E-state index is 11.8. The van der Waals surface area contributed by atoms with E-state index < -0.39 is 0 Å². The average molecular weight is 245 g/mol. The fraction of sp³-hybridized carbons (Fsp3) is 0.357. The van der Waals surface area contributed by atoms with Gasteiger partial charge in [-0.15, -0.1) is 0 Å². The van der Waals surface area contributed by atoms with E-state index in [1.807, 2.05) is 20.8 Å². The van der Waals surface area contributed by atoms with Crippen LogP contribution in [0.2, 0.25) is 0 Å². The molecule has 1 rings (SSSR count). The molecule has 4 heteroatoms. The summed E-state index contributed by atoms with van der Waals surface area (Å²) in [6, 6.07) is 1.77. The highest BCUT2D eigenvalue weighted by Crippen LogP contribution is 2.15. The first-order chi connectivity index (χ1) is 8.36. The number of nitrogens with zero attached hydrogens (tertiary/aromatic N) is 2. The summed E-state index contributed by atoms with van der Waals surface area (Å²) in [5.74, 6) is 0.523. The first-order valence-corrected chi connectivity index (χ1v) is 5.78. The Morgan fingerprint density at radius 1 is 1.28 bits per heavy atom. The van der Waals surface area contributed by atoms with Gasteiger partial charge in [0.2, 0.25) is 5.95 Å². The van der Waals surface area contributed by atoms with E-state index in [1.165, 1.54) is 0 Å². The van der Waals surface area contributed by atoms with Gasteiger partial charge < -0.3 is 5.32 Å². The molecular formula is C14H19N3O. The molecule has 0 unspecified atom stereocenters. The number of Topliss-reactive ketones (excluding diaryl/α,β-unsaturated/α-hetero) is 1. The molecule has 0 saturated heterocycles. The van der Waals surface area contributed by atoms with Crippen LogP contribution in [0, 0.1) is 5.41 Å². The van der Waals surface area contributed by atoms with E-state index >= 15 is 0 Å². The minimum absolute atomic E-state index is 0.107. The molecular weight excluding hydrogens is 226 g/mol. The number of carbonyl (C=O) groups is 1. The Morgan fingerprint density at radius 3 is 2.17 bits per heavy atom. The van der Waals surface area contributed by atoms with E-state index in [2.05, 4.69) is 28.4 Å². The normalized spacial score (nSPS) is 10.8. The molecule has 0 aromatic carbocycles. The van der Waals surface area contributed by atoms with Gasteiger partial charge in [-0.1, -0.05) is 33.9 Å². The highest BCUT2D eigenvalue weighted by Gasteiger charge is 2.20. The Labute approximate surface area is 108 Å². The Kier molecular flexibility index (Phi) is 4.37. The fourth-order valence-corrected chi connectivity index (χ4v) is 1.20. The molecule has 1 aromatic heterocycles. The van der Waals surface area contributed by atoms with Crippen molar-refractivity contribution in [2.24, 2.45) is 5.41 Å². The summed E-state index contributed by atoms with van der Waals surface area (Å²) in [5.41, 5.74) is 1.03. The summed E-state index contributed by atoms with van der Waals surface area (Å²) in [4.78, 5) is 20.2. The molecule has 0 amide bonds. The van der Waals surface area contributed by atoms with Gasteiger partial charge in [0.05, 0.1) is 17.9 Å². The zero-order chi connectivity index (χ0) is 13.8. The molecule has 0 spiro atoms. The van der Waals surface area contributed by atoms with Crippen LogP contribution in [0.5, 0.6) is 0 Å². The summed E-state index contributed by atoms with van der Waals surface area (Å²) in [6.07, 6.45) is 3.26. The first kappa shape index (κ1) is 14.1. The van der Waals surface area contributed by atoms with Gasteiger partial charge in [0, 0.05) is 5.41 Å². The van der Waals surface area contributed by atoms with Gasteiger partial charge in [0.1, 0.15) is 0 Å². The van der Waals surface area contributed by atoms with Crippen molar-refractivity contribution in [1.82, 2.24) is 9.97 Å². The molecule has 0 atom stereocenters. The van der Waals surface area contributed by atoms with E-state index in [9.17, 15) is 4.79 Å². The Morgan fingerprint density at radius 2 is 1.78 bits per heavy atom. The van der Waals surface area contributed by atoms with Crippen LogP contribution >= 0.6 is 0 Å². The minimum atomic E-state index is -0.371. The molecule has 1 aromatic rings. The van der Waals surface area contributed by atoms with Crippen molar-refractivity contribution >= 4 is 23.9 Å². The van der Waals surface area contributed by atoms with E-state index in [0.717, 1.165) is 0 Å². The number of nitrogens with one attached hydrogen (secondary N) is 1. The summed E-state index contributed by atoms with van der Waals surface area (Å²) in [5, 5.41) is 2.93. The van der Waals surface area contributed by atoms with Crippen molar-refractivity contribution in [2.75, 3.05) is 11.9 Å². The van der Waals surface area contributed by atoms with Crippen LogP contribution in [0.1, 0.15) is 32.2 Å². The zero-order valence-corrected chi connectivity index (χ0v) is 11.2. The van der Waals surface area contributed by atoms with Crippen molar-refractivity contribution in [3.63, 3.8) is 0 Å². The summed E-state index contributed by atoms with van der Waals surface area (Å²) < 4.78 is 0.